The lowest BCUT2D eigenvalue weighted by Crippen LogP contribution is -2.26. The van der Waals surface area contributed by atoms with Gasteiger partial charge in [-0.15, -0.1) is 0 Å². The summed E-state index contributed by atoms with van der Waals surface area (Å²) in [5.41, 5.74) is 0.388. The van der Waals surface area contributed by atoms with Crippen molar-refractivity contribution >= 4 is 11.9 Å². The number of halogens is 1. The number of carbonyl (C=O) groups is 2. The summed E-state index contributed by atoms with van der Waals surface area (Å²) < 4.78 is 13.6. The maximum atomic E-state index is 13.6. The van der Waals surface area contributed by atoms with Crippen molar-refractivity contribution in [2.75, 3.05) is 6.54 Å². The molecule has 0 unspecified atom stereocenters. The van der Waals surface area contributed by atoms with E-state index in [0.717, 1.165) is 6.07 Å². The van der Waals surface area contributed by atoms with Crippen LogP contribution in [0.1, 0.15) is 42.2 Å². The molecule has 0 saturated carbocycles. The third-order valence-electron chi connectivity index (χ3n) is 2.30. The van der Waals surface area contributed by atoms with Crippen molar-refractivity contribution in [2.45, 2.75) is 26.2 Å². The van der Waals surface area contributed by atoms with Crippen LogP contribution in [0.5, 0.6) is 0 Å². The number of hydrogen-bond donors (Lipinski definition) is 2. The normalized spacial score (nSPS) is 10.4. The molecule has 5 nitrogen and oxygen atoms in total. The van der Waals surface area contributed by atoms with Gasteiger partial charge in [-0.2, -0.15) is 0 Å². The second-order valence-electron chi connectivity index (χ2n) is 4.15. The molecule has 0 aliphatic rings. The molecular formula is C12H15FN2O3. The van der Waals surface area contributed by atoms with E-state index < -0.39 is 17.7 Å². The molecule has 0 aromatic carbocycles. The highest BCUT2D eigenvalue weighted by Gasteiger charge is 2.13. The Hall–Kier alpha value is -1.98. The number of carboxylic acids is 1. The maximum Gasteiger partial charge on any atom is 0.305 e. The predicted molar refractivity (Wildman–Crippen MR) is 62.9 cm³/mol. The highest BCUT2D eigenvalue weighted by atomic mass is 19.1. The van der Waals surface area contributed by atoms with E-state index in [0.29, 0.717) is 5.69 Å². The van der Waals surface area contributed by atoms with Gasteiger partial charge < -0.3 is 10.4 Å². The van der Waals surface area contributed by atoms with E-state index in [9.17, 15) is 14.0 Å². The van der Waals surface area contributed by atoms with Crippen molar-refractivity contribution in [1.82, 2.24) is 10.3 Å². The van der Waals surface area contributed by atoms with Gasteiger partial charge in [-0.05, 0) is 12.0 Å². The molecule has 98 valence electrons. The Morgan fingerprint density at radius 1 is 1.50 bits per heavy atom. The molecule has 1 rings (SSSR count). The zero-order chi connectivity index (χ0) is 13.7. The summed E-state index contributed by atoms with van der Waals surface area (Å²) in [6.45, 7) is 3.61. The Morgan fingerprint density at radius 2 is 2.17 bits per heavy atom. The summed E-state index contributed by atoms with van der Waals surface area (Å²) in [7, 11) is 0. The van der Waals surface area contributed by atoms with Crippen LogP contribution < -0.4 is 5.32 Å². The Morgan fingerprint density at radius 3 is 2.67 bits per heavy atom. The van der Waals surface area contributed by atoms with Crippen molar-refractivity contribution in [3.63, 3.8) is 0 Å². The second-order valence-corrected chi connectivity index (χ2v) is 4.15. The Kier molecular flexibility index (Phi) is 4.76. The minimum atomic E-state index is -1.00. The molecule has 0 radical (unpaired) electrons. The van der Waals surface area contributed by atoms with Crippen LogP contribution in [-0.4, -0.2) is 28.5 Å². The summed E-state index contributed by atoms with van der Waals surface area (Å²) >= 11 is 0. The number of carbonyl (C=O) groups excluding carboxylic acids is 1. The maximum absolute atomic E-state index is 13.6. The fourth-order valence-corrected chi connectivity index (χ4v) is 1.38. The molecule has 1 heterocycles. The van der Waals surface area contributed by atoms with E-state index in [1.54, 1.807) is 13.8 Å². The van der Waals surface area contributed by atoms with Gasteiger partial charge in [-0.3, -0.25) is 14.6 Å². The molecule has 2 N–H and O–H groups in total. The predicted octanol–water partition coefficient (Wildman–Crippen LogP) is 1.55. The van der Waals surface area contributed by atoms with Gasteiger partial charge in [0.2, 0.25) is 0 Å². The number of aromatic nitrogens is 1. The lowest BCUT2D eigenvalue weighted by atomic mass is 10.1. The van der Waals surface area contributed by atoms with Gasteiger partial charge in [-0.1, -0.05) is 13.8 Å². The first-order valence-electron chi connectivity index (χ1n) is 5.57. The third-order valence-corrected chi connectivity index (χ3v) is 2.30. The van der Waals surface area contributed by atoms with Gasteiger partial charge in [0.25, 0.3) is 5.91 Å². The first kappa shape index (κ1) is 14.1. The van der Waals surface area contributed by atoms with E-state index in [-0.39, 0.29) is 24.4 Å². The summed E-state index contributed by atoms with van der Waals surface area (Å²) in [6, 6.07) is 1.11. The first-order valence-corrected chi connectivity index (χ1v) is 5.57. The number of nitrogens with zero attached hydrogens (tertiary/aromatic N) is 1. The molecule has 1 amide bonds. The van der Waals surface area contributed by atoms with Crippen LogP contribution in [0.3, 0.4) is 0 Å². The average molecular weight is 254 g/mol. The number of hydrogen-bond acceptors (Lipinski definition) is 3. The van der Waals surface area contributed by atoms with Crippen LogP contribution in [0, 0.1) is 5.82 Å². The zero-order valence-electron chi connectivity index (χ0n) is 10.2. The molecule has 0 spiro atoms. The van der Waals surface area contributed by atoms with Crippen LogP contribution >= 0.6 is 0 Å². The summed E-state index contributed by atoms with van der Waals surface area (Å²) in [5.74, 6) is -2.13. The largest absolute Gasteiger partial charge is 0.481 e. The van der Waals surface area contributed by atoms with Crippen LogP contribution in [-0.2, 0) is 4.79 Å². The lowest BCUT2D eigenvalue weighted by Gasteiger charge is -2.08. The molecule has 0 atom stereocenters. The molecule has 1 aromatic rings. The number of rotatable bonds is 5. The standard InChI is InChI=1S/C12H15FN2O3/c1-7(2)11-9(13)5-8(6-15-11)12(18)14-4-3-10(16)17/h5-7H,3-4H2,1-2H3,(H,14,18)(H,16,17). The van der Waals surface area contributed by atoms with Crippen molar-refractivity contribution in [1.29, 1.82) is 0 Å². The summed E-state index contributed by atoms with van der Waals surface area (Å²) in [6.07, 6.45) is 1.11. The van der Waals surface area contributed by atoms with Gasteiger partial charge in [0.15, 0.2) is 0 Å². The van der Waals surface area contributed by atoms with Crippen molar-refractivity contribution in [3.05, 3.63) is 29.3 Å². The van der Waals surface area contributed by atoms with Crippen LogP contribution in [0.15, 0.2) is 12.3 Å². The van der Waals surface area contributed by atoms with Crippen molar-refractivity contribution < 1.29 is 19.1 Å². The van der Waals surface area contributed by atoms with E-state index in [2.05, 4.69) is 10.3 Å². The Balaban J connectivity index is 2.69. The number of amides is 1. The summed E-state index contributed by atoms with van der Waals surface area (Å²) in [4.78, 5) is 25.7. The molecular weight excluding hydrogens is 239 g/mol. The van der Waals surface area contributed by atoms with Gasteiger partial charge in [0, 0.05) is 12.7 Å². The molecule has 1 aromatic heterocycles. The number of aliphatic carboxylic acids is 1. The number of pyridine rings is 1. The average Bonchev–Trinajstić information content (AvgIpc) is 2.27. The van der Waals surface area contributed by atoms with Crippen LogP contribution in [0.2, 0.25) is 0 Å². The molecule has 0 aliphatic heterocycles. The minimum absolute atomic E-state index is 0.00170. The van der Waals surface area contributed by atoms with Crippen molar-refractivity contribution in [2.24, 2.45) is 0 Å². The van der Waals surface area contributed by atoms with Crippen molar-refractivity contribution in [3.8, 4) is 0 Å². The SMILES string of the molecule is CC(C)c1ncc(C(=O)NCCC(=O)O)cc1F. The van der Waals surface area contributed by atoms with Gasteiger partial charge in [0.05, 0.1) is 17.7 Å². The Bertz CT molecular complexity index is 461. The van der Waals surface area contributed by atoms with E-state index >= 15 is 0 Å². The first-order chi connectivity index (χ1) is 8.41. The highest BCUT2D eigenvalue weighted by Crippen LogP contribution is 2.16. The fraction of sp³-hybridized carbons (Fsp3) is 0.417. The molecule has 0 saturated heterocycles. The second kappa shape index (κ2) is 6.09. The quantitative estimate of drug-likeness (QED) is 0.835. The third kappa shape index (κ3) is 3.80. The van der Waals surface area contributed by atoms with Gasteiger partial charge in [-0.25, -0.2) is 4.39 Å². The monoisotopic (exact) mass is 254 g/mol. The highest BCUT2D eigenvalue weighted by molar-refractivity contribution is 5.94. The number of nitrogens with one attached hydrogen (secondary N) is 1. The summed E-state index contributed by atoms with van der Waals surface area (Å²) in [5, 5.41) is 10.8. The molecule has 0 fully saturated rings. The number of carboxylic acid groups (broad SMARTS) is 1. The minimum Gasteiger partial charge on any atom is -0.481 e. The zero-order valence-corrected chi connectivity index (χ0v) is 10.2. The fourth-order valence-electron chi connectivity index (χ4n) is 1.38. The van der Waals surface area contributed by atoms with E-state index in [1.807, 2.05) is 0 Å². The lowest BCUT2D eigenvalue weighted by molar-refractivity contribution is -0.136. The van der Waals surface area contributed by atoms with Gasteiger partial charge >= 0.3 is 5.97 Å². The van der Waals surface area contributed by atoms with E-state index in [4.69, 9.17) is 5.11 Å². The molecule has 18 heavy (non-hydrogen) atoms. The smallest absolute Gasteiger partial charge is 0.305 e. The van der Waals surface area contributed by atoms with Crippen LogP contribution in [0.25, 0.3) is 0 Å². The topological polar surface area (TPSA) is 79.3 Å². The van der Waals surface area contributed by atoms with Crippen LogP contribution in [0.4, 0.5) is 4.39 Å². The Labute approximate surface area is 104 Å². The van der Waals surface area contributed by atoms with Gasteiger partial charge in [0.1, 0.15) is 5.82 Å². The molecule has 0 aliphatic carbocycles. The molecule has 0 bridgehead atoms. The van der Waals surface area contributed by atoms with E-state index in [1.165, 1.54) is 6.20 Å². The molecule has 6 heteroatoms.